The molecule has 28 heavy (non-hydrogen) atoms. The molecule has 1 N–H and O–H groups in total. The van der Waals surface area contributed by atoms with E-state index in [4.69, 9.17) is 28.6 Å². The second-order valence-corrected chi connectivity index (χ2v) is 9.38. The minimum Gasteiger partial charge on any atom is -0.457 e. The zero-order valence-corrected chi connectivity index (χ0v) is 17.2. The second-order valence-electron chi connectivity index (χ2n) is 8.58. The van der Waals surface area contributed by atoms with Gasteiger partial charge in [-0.15, -0.1) is 0 Å². The topological polar surface area (TPSA) is 53.0 Å². The first-order valence-corrected chi connectivity index (χ1v) is 11.1. The largest absolute Gasteiger partial charge is 0.457 e. The molecule has 0 spiro atoms. The van der Waals surface area contributed by atoms with Crippen molar-refractivity contribution in [3.8, 4) is 0 Å². The second kappa shape index (κ2) is 7.15. The molecule has 6 rings (SSSR count). The third kappa shape index (κ3) is 2.92. The average Bonchev–Trinajstić information content (AvgIpc) is 2.98. The highest BCUT2D eigenvalue weighted by molar-refractivity contribution is 7.80. The Morgan fingerprint density at radius 1 is 1.14 bits per heavy atom. The van der Waals surface area contributed by atoms with Crippen LogP contribution in [0.2, 0.25) is 5.02 Å². The van der Waals surface area contributed by atoms with Gasteiger partial charge in [-0.3, -0.25) is 4.79 Å². The number of esters is 1. The molecule has 3 heterocycles. The number of fused-ring (bicyclic) bond motifs is 2. The first kappa shape index (κ1) is 18.6. The van der Waals surface area contributed by atoms with Gasteiger partial charge >= 0.3 is 5.97 Å². The fraction of sp³-hybridized carbons (Fsp3) is 0.619. The summed E-state index contributed by atoms with van der Waals surface area (Å²) in [5.41, 5.74) is 0.949. The highest BCUT2D eigenvalue weighted by Crippen LogP contribution is 2.46. The normalized spacial score (nSPS) is 35.3. The van der Waals surface area contributed by atoms with E-state index in [0.717, 1.165) is 17.3 Å². The zero-order valence-electron chi connectivity index (χ0n) is 15.7. The minimum atomic E-state index is -0.620. The summed E-state index contributed by atoms with van der Waals surface area (Å²) in [7, 11) is 0. The number of carbonyl (C=O) groups is 1. The SMILES string of the molecule is O=C1O[C@@H]2[C@H]3[C@H]([C@@H]1C[C@H]2O)N(c1ccc(Cl)cc1)C(=S)N3CC1CCCCC1. The van der Waals surface area contributed by atoms with Crippen molar-refractivity contribution in [2.75, 3.05) is 11.4 Å². The summed E-state index contributed by atoms with van der Waals surface area (Å²) in [5.74, 6) is 0.0265. The van der Waals surface area contributed by atoms with Crippen molar-refractivity contribution in [3.05, 3.63) is 29.3 Å². The molecule has 0 aromatic heterocycles. The van der Waals surface area contributed by atoms with Crippen molar-refractivity contribution in [2.24, 2.45) is 11.8 Å². The first-order chi connectivity index (χ1) is 13.5. The van der Waals surface area contributed by atoms with Crippen LogP contribution in [0.3, 0.4) is 0 Å². The van der Waals surface area contributed by atoms with E-state index in [1.165, 1.54) is 32.1 Å². The van der Waals surface area contributed by atoms with Gasteiger partial charge in [-0.25, -0.2) is 0 Å². The van der Waals surface area contributed by atoms with Crippen molar-refractivity contribution in [1.29, 1.82) is 0 Å². The number of hydrogen-bond donors (Lipinski definition) is 1. The van der Waals surface area contributed by atoms with Gasteiger partial charge in [0, 0.05) is 17.3 Å². The first-order valence-electron chi connectivity index (χ1n) is 10.3. The number of halogens is 1. The summed E-state index contributed by atoms with van der Waals surface area (Å²) < 4.78 is 5.64. The zero-order chi connectivity index (χ0) is 19.4. The van der Waals surface area contributed by atoms with E-state index in [0.29, 0.717) is 17.4 Å². The number of benzene rings is 1. The lowest BCUT2D eigenvalue weighted by Crippen LogP contribution is -2.66. The van der Waals surface area contributed by atoms with Crippen LogP contribution in [-0.2, 0) is 9.53 Å². The standard InChI is InChI=1S/C21H25ClN2O3S/c22-13-6-8-14(9-7-13)24-17-15-10-16(25)19(27-20(15)26)18(17)23(21(24)28)11-12-4-2-1-3-5-12/h6-9,12,15-19,25H,1-5,10-11H2/t15-,16+,17-,18+,19-/m0/s1. The highest BCUT2D eigenvalue weighted by atomic mass is 35.5. The van der Waals surface area contributed by atoms with Gasteiger partial charge in [0.25, 0.3) is 0 Å². The van der Waals surface area contributed by atoms with E-state index in [-0.39, 0.29) is 24.0 Å². The minimum absolute atomic E-state index is 0.0865. The molecule has 3 aliphatic heterocycles. The molecule has 2 bridgehead atoms. The van der Waals surface area contributed by atoms with E-state index in [1.807, 2.05) is 24.3 Å². The van der Waals surface area contributed by atoms with Crippen LogP contribution >= 0.6 is 23.8 Å². The van der Waals surface area contributed by atoms with E-state index >= 15 is 0 Å². The maximum Gasteiger partial charge on any atom is 0.311 e. The van der Waals surface area contributed by atoms with E-state index < -0.39 is 12.2 Å². The molecular weight excluding hydrogens is 396 g/mol. The molecule has 2 aliphatic carbocycles. The fourth-order valence-electron chi connectivity index (χ4n) is 5.62. The monoisotopic (exact) mass is 420 g/mol. The fourth-order valence-corrected chi connectivity index (χ4v) is 6.17. The molecule has 5 fully saturated rings. The van der Waals surface area contributed by atoms with Crippen LogP contribution in [0, 0.1) is 11.8 Å². The molecular formula is C21H25ClN2O3S. The van der Waals surface area contributed by atoms with Gasteiger partial charge in [0.05, 0.1) is 24.1 Å². The van der Waals surface area contributed by atoms with Gasteiger partial charge in [0.1, 0.15) is 6.10 Å². The summed E-state index contributed by atoms with van der Waals surface area (Å²) in [6, 6.07) is 7.45. The number of anilines is 1. The van der Waals surface area contributed by atoms with Gasteiger partial charge in [0.15, 0.2) is 5.11 Å². The predicted molar refractivity (Wildman–Crippen MR) is 111 cm³/mol. The molecule has 5 nitrogen and oxygen atoms in total. The van der Waals surface area contributed by atoms with Crippen molar-refractivity contribution in [3.63, 3.8) is 0 Å². The Kier molecular flexibility index (Phi) is 4.76. The van der Waals surface area contributed by atoms with E-state index in [2.05, 4.69) is 9.80 Å². The number of rotatable bonds is 3. The molecule has 5 aliphatic rings. The maximum atomic E-state index is 12.5. The van der Waals surface area contributed by atoms with E-state index in [9.17, 15) is 9.90 Å². The molecule has 2 saturated carbocycles. The smallest absolute Gasteiger partial charge is 0.311 e. The number of ether oxygens (including phenoxy) is 1. The Bertz CT molecular complexity index is 782. The lowest BCUT2D eigenvalue weighted by molar-refractivity contribution is -0.194. The van der Waals surface area contributed by atoms with Crippen LogP contribution in [0.25, 0.3) is 0 Å². The number of aliphatic hydroxyl groups is 1. The van der Waals surface area contributed by atoms with Gasteiger partial charge in [0.2, 0.25) is 0 Å². The third-order valence-electron chi connectivity index (χ3n) is 6.92. The number of carbonyl (C=O) groups excluding carboxylic acids is 1. The summed E-state index contributed by atoms with van der Waals surface area (Å²) in [6.45, 7) is 0.873. The van der Waals surface area contributed by atoms with Gasteiger partial charge < -0.3 is 19.6 Å². The average molecular weight is 421 g/mol. The van der Waals surface area contributed by atoms with Crippen LogP contribution in [0.1, 0.15) is 38.5 Å². The molecule has 0 amide bonds. The number of aliphatic hydroxyl groups excluding tert-OH is 1. The van der Waals surface area contributed by atoms with Gasteiger partial charge in [-0.05, 0) is 61.7 Å². The van der Waals surface area contributed by atoms with Crippen molar-refractivity contribution in [2.45, 2.75) is 62.8 Å². The quantitative estimate of drug-likeness (QED) is 0.597. The number of hydrogen-bond acceptors (Lipinski definition) is 4. The number of nitrogens with zero attached hydrogens (tertiary/aromatic N) is 2. The van der Waals surface area contributed by atoms with Crippen molar-refractivity contribution in [1.82, 2.24) is 4.90 Å². The van der Waals surface area contributed by atoms with Gasteiger partial charge in [-0.1, -0.05) is 30.9 Å². The summed E-state index contributed by atoms with van der Waals surface area (Å²) >= 11 is 12.0. The molecule has 0 radical (unpaired) electrons. The molecule has 7 heteroatoms. The van der Waals surface area contributed by atoms with Crippen LogP contribution < -0.4 is 4.90 Å². The Labute approximate surface area is 175 Å². The Morgan fingerprint density at radius 2 is 1.86 bits per heavy atom. The van der Waals surface area contributed by atoms with Crippen molar-refractivity contribution >= 4 is 40.6 Å². The molecule has 1 aromatic rings. The summed E-state index contributed by atoms with van der Waals surface area (Å²) in [4.78, 5) is 16.9. The Morgan fingerprint density at radius 3 is 2.57 bits per heavy atom. The summed E-state index contributed by atoms with van der Waals surface area (Å²) in [5, 5.41) is 12.0. The Hall–Kier alpha value is -1.37. The van der Waals surface area contributed by atoms with Crippen molar-refractivity contribution < 1.29 is 14.6 Å². The Balaban J connectivity index is 1.52. The third-order valence-corrected chi connectivity index (χ3v) is 7.61. The maximum absolute atomic E-state index is 12.5. The lowest BCUT2D eigenvalue weighted by atomic mass is 9.74. The van der Waals surface area contributed by atoms with Crippen LogP contribution in [0.5, 0.6) is 0 Å². The van der Waals surface area contributed by atoms with E-state index in [1.54, 1.807) is 0 Å². The highest BCUT2D eigenvalue weighted by Gasteiger charge is 2.63. The lowest BCUT2D eigenvalue weighted by Gasteiger charge is -2.49. The molecule has 3 saturated heterocycles. The summed E-state index contributed by atoms with van der Waals surface area (Å²) in [6.07, 6.45) is 5.59. The predicted octanol–water partition coefficient (Wildman–Crippen LogP) is 3.37. The molecule has 1 aromatic carbocycles. The van der Waals surface area contributed by atoms with Crippen LogP contribution in [0.4, 0.5) is 5.69 Å². The van der Waals surface area contributed by atoms with Crippen LogP contribution in [-0.4, -0.2) is 51.9 Å². The molecule has 0 unspecified atom stereocenters. The van der Waals surface area contributed by atoms with Gasteiger partial charge in [-0.2, -0.15) is 0 Å². The van der Waals surface area contributed by atoms with Crippen LogP contribution in [0.15, 0.2) is 24.3 Å². The molecule has 150 valence electrons. The number of thiocarbonyl (C=S) groups is 1. The molecule has 5 atom stereocenters.